The summed E-state index contributed by atoms with van der Waals surface area (Å²) < 4.78 is 13.3. The Labute approximate surface area is 177 Å². The summed E-state index contributed by atoms with van der Waals surface area (Å²) in [7, 11) is 1.69. The monoisotopic (exact) mass is 401 g/mol. The van der Waals surface area contributed by atoms with E-state index in [2.05, 4.69) is 40.2 Å². The van der Waals surface area contributed by atoms with Crippen LogP contribution in [0.1, 0.15) is 11.4 Å². The van der Waals surface area contributed by atoms with Gasteiger partial charge < -0.3 is 19.2 Å². The van der Waals surface area contributed by atoms with Crippen molar-refractivity contribution in [3.05, 3.63) is 90.4 Å². The van der Waals surface area contributed by atoms with Crippen molar-refractivity contribution in [2.24, 2.45) is 0 Å². The van der Waals surface area contributed by atoms with Crippen molar-refractivity contribution in [1.82, 2.24) is 14.7 Å². The van der Waals surface area contributed by atoms with Crippen molar-refractivity contribution in [3.8, 4) is 17.0 Å². The maximum atomic E-state index is 5.73. The molecule has 2 aromatic heterocycles. The molecular formula is C25H27N3O2. The Kier molecular flexibility index (Phi) is 6.75. The summed E-state index contributed by atoms with van der Waals surface area (Å²) in [6.07, 6.45) is 2.91. The van der Waals surface area contributed by atoms with Crippen LogP contribution in [-0.2, 0) is 17.8 Å². The molecule has 0 unspecified atom stereocenters. The highest BCUT2D eigenvalue weighted by Gasteiger charge is 2.12. The Morgan fingerprint density at radius 3 is 2.67 bits per heavy atom. The number of ether oxygens (including phenoxy) is 2. The normalized spacial score (nSPS) is 11.1. The lowest BCUT2D eigenvalue weighted by atomic mass is 10.1. The molecule has 0 spiro atoms. The molecule has 0 atom stereocenters. The Bertz CT molecular complexity index is 1080. The second-order valence-electron chi connectivity index (χ2n) is 7.10. The Morgan fingerprint density at radius 2 is 1.80 bits per heavy atom. The molecule has 4 aromatic rings. The first-order chi connectivity index (χ1) is 14.8. The molecule has 0 bridgehead atoms. The summed E-state index contributed by atoms with van der Waals surface area (Å²) in [5.41, 5.74) is 4.35. The third-order valence-corrected chi connectivity index (χ3v) is 5.02. The average Bonchev–Trinajstić information content (AvgIpc) is 3.18. The van der Waals surface area contributed by atoms with Gasteiger partial charge in [-0.1, -0.05) is 48.5 Å². The van der Waals surface area contributed by atoms with Crippen LogP contribution in [0.25, 0.3) is 16.8 Å². The molecule has 0 amide bonds. The molecule has 0 radical (unpaired) electrons. The molecular weight excluding hydrogens is 374 g/mol. The van der Waals surface area contributed by atoms with E-state index >= 15 is 0 Å². The molecule has 154 valence electrons. The number of nitrogens with one attached hydrogen (secondary N) is 1. The van der Waals surface area contributed by atoms with Crippen molar-refractivity contribution in [1.29, 1.82) is 0 Å². The third kappa shape index (κ3) is 4.87. The quantitative estimate of drug-likeness (QED) is 0.401. The van der Waals surface area contributed by atoms with Crippen LogP contribution < -0.4 is 10.1 Å². The fourth-order valence-electron chi connectivity index (χ4n) is 3.49. The average molecular weight is 402 g/mol. The van der Waals surface area contributed by atoms with Crippen molar-refractivity contribution in [2.75, 3.05) is 26.8 Å². The van der Waals surface area contributed by atoms with Crippen LogP contribution in [0.15, 0.2) is 79.0 Å². The molecule has 0 aliphatic carbocycles. The van der Waals surface area contributed by atoms with E-state index < -0.39 is 0 Å². The van der Waals surface area contributed by atoms with E-state index in [1.807, 2.05) is 48.5 Å². The lowest BCUT2D eigenvalue weighted by Crippen LogP contribution is -2.22. The van der Waals surface area contributed by atoms with Crippen molar-refractivity contribution in [3.63, 3.8) is 0 Å². The van der Waals surface area contributed by atoms with Crippen LogP contribution in [0.2, 0.25) is 0 Å². The number of fused-ring (bicyclic) bond motifs is 1. The van der Waals surface area contributed by atoms with Gasteiger partial charge in [0.1, 0.15) is 11.6 Å². The van der Waals surface area contributed by atoms with E-state index in [0.717, 1.165) is 47.9 Å². The molecule has 30 heavy (non-hydrogen) atoms. The minimum absolute atomic E-state index is 0.650. The summed E-state index contributed by atoms with van der Waals surface area (Å²) in [5.74, 6) is 1.88. The summed E-state index contributed by atoms with van der Waals surface area (Å²) in [6, 6.07) is 24.5. The minimum atomic E-state index is 0.650. The third-order valence-electron chi connectivity index (χ3n) is 5.02. The van der Waals surface area contributed by atoms with Gasteiger partial charge in [-0.2, -0.15) is 0 Å². The first-order valence-electron chi connectivity index (χ1n) is 10.3. The largest absolute Gasteiger partial charge is 0.497 e. The van der Waals surface area contributed by atoms with Crippen LogP contribution in [0, 0.1) is 0 Å². The number of methoxy groups -OCH3 is 1. The zero-order chi connectivity index (χ0) is 20.6. The van der Waals surface area contributed by atoms with Crippen LogP contribution in [0.5, 0.6) is 5.75 Å². The smallest absolute Gasteiger partial charge is 0.119 e. The number of benzene rings is 2. The van der Waals surface area contributed by atoms with Gasteiger partial charge >= 0.3 is 0 Å². The fraction of sp³-hybridized carbons (Fsp3) is 0.240. The molecule has 4 rings (SSSR count). The molecule has 5 heteroatoms. The van der Waals surface area contributed by atoms with Gasteiger partial charge in [0.15, 0.2) is 0 Å². The van der Waals surface area contributed by atoms with E-state index in [9.17, 15) is 0 Å². The molecule has 5 nitrogen and oxygen atoms in total. The SMILES string of the molecule is COc1cccc(-c2nc(CCNCCOCc3ccccc3)n3ccccc23)c1. The molecule has 2 heterocycles. The molecule has 0 aliphatic rings. The summed E-state index contributed by atoms with van der Waals surface area (Å²) in [4.78, 5) is 4.94. The highest BCUT2D eigenvalue weighted by molar-refractivity contribution is 5.78. The Hall–Kier alpha value is -3.15. The van der Waals surface area contributed by atoms with Crippen LogP contribution >= 0.6 is 0 Å². The van der Waals surface area contributed by atoms with Gasteiger partial charge in [-0.05, 0) is 29.8 Å². The van der Waals surface area contributed by atoms with Crippen molar-refractivity contribution < 1.29 is 9.47 Å². The topological polar surface area (TPSA) is 47.8 Å². The number of rotatable bonds is 10. The van der Waals surface area contributed by atoms with E-state index in [4.69, 9.17) is 14.5 Å². The highest BCUT2D eigenvalue weighted by atomic mass is 16.5. The molecule has 2 aromatic carbocycles. The second kappa shape index (κ2) is 10.1. The second-order valence-corrected chi connectivity index (χ2v) is 7.10. The van der Waals surface area contributed by atoms with Gasteiger partial charge in [-0.15, -0.1) is 0 Å². The number of imidazole rings is 1. The Balaban J connectivity index is 1.34. The summed E-state index contributed by atoms with van der Waals surface area (Å²) >= 11 is 0. The van der Waals surface area contributed by atoms with Gasteiger partial charge in [0.05, 0.1) is 31.5 Å². The number of aromatic nitrogens is 2. The van der Waals surface area contributed by atoms with Crippen molar-refractivity contribution in [2.45, 2.75) is 13.0 Å². The summed E-state index contributed by atoms with van der Waals surface area (Å²) in [5, 5.41) is 3.45. The number of pyridine rings is 1. The van der Waals surface area contributed by atoms with E-state index in [-0.39, 0.29) is 0 Å². The van der Waals surface area contributed by atoms with Crippen LogP contribution in [-0.4, -0.2) is 36.2 Å². The maximum absolute atomic E-state index is 5.73. The zero-order valence-corrected chi connectivity index (χ0v) is 17.3. The first kappa shape index (κ1) is 20.1. The number of nitrogens with zero attached hydrogens (tertiary/aromatic N) is 2. The fourth-order valence-corrected chi connectivity index (χ4v) is 3.49. The predicted molar refractivity (Wildman–Crippen MR) is 120 cm³/mol. The molecule has 0 saturated heterocycles. The van der Waals surface area contributed by atoms with Gasteiger partial charge in [0.2, 0.25) is 0 Å². The maximum Gasteiger partial charge on any atom is 0.119 e. The highest BCUT2D eigenvalue weighted by Crippen LogP contribution is 2.27. The van der Waals surface area contributed by atoms with E-state index in [0.29, 0.717) is 13.2 Å². The Morgan fingerprint density at radius 1 is 0.933 bits per heavy atom. The van der Waals surface area contributed by atoms with Crippen molar-refractivity contribution >= 4 is 5.52 Å². The van der Waals surface area contributed by atoms with Gasteiger partial charge in [-0.25, -0.2) is 4.98 Å². The van der Waals surface area contributed by atoms with Gasteiger partial charge in [-0.3, -0.25) is 0 Å². The minimum Gasteiger partial charge on any atom is -0.497 e. The molecule has 0 aliphatic heterocycles. The van der Waals surface area contributed by atoms with Crippen LogP contribution in [0.4, 0.5) is 0 Å². The van der Waals surface area contributed by atoms with Gasteiger partial charge in [0.25, 0.3) is 0 Å². The first-order valence-corrected chi connectivity index (χ1v) is 10.3. The van der Waals surface area contributed by atoms with E-state index in [1.165, 1.54) is 5.56 Å². The lowest BCUT2D eigenvalue weighted by molar-refractivity contribution is 0.123. The molecule has 1 N–H and O–H groups in total. The number of hydrogen-bond donors (Lipinski definition) is 1. The van der Waals surface area contributed by atoms with Crippen LogP contribution in [0.3, 0.4) is 0 Å². The standard InChI is InChI=1S/C25H27N3O2/c1-29-22-11-7-10-21(18-22)25-23-12-5-6-16-28(23)24(27-25)13-14-26-15-17-30-19-20-8-3-2-4-9-20/h2-12,16,18,26H,13-15,17,19H2,1H3. The molecule has 0 saturated carbocycles. The van der Waals surface area contributed by atoms with Gasteiger partial charge in [0, 0.05) is 31.3 Å². The summed E-state index contributed by atoms with van der Waals surface area (Å²) in [6.45, 7) is 3.00. The number of hydrogen-bond acceptors (Lipinski definition) is 4. The van der Waals surface area contributed by atoms with E-state index in [1.54, 1.807) is 7.11 Å². The molecule has 0 fully saturated rings. The predicted octanol–water partition coefficient (Wildman–Crippen LogP) is 4.36. The zero-order valence-electron chi connectivity index (χ0n) is 17.3. The lowest BCUT2D eigenvalue weighted by Gasteiger charge is -2.06.